The number of fused-ring (bicyclic) bond motifs is 1. The second kappa shape index (κ2) is 9.99. The molecule has 7 nitrogen and oxygen atoms in total. The van der Waals surface area contributed by atoms with Gasteiger partial charge in [0.05, 0.1) is 6.04 Å². The minimum Gasteiger partial charge on any atom is -0.356 e. The minimum absolute atomic E-state index is 0.00561. The Bertz CT molecular complexity index is 1020. The fourth-order valence-electron chi connectivity index (χ4n) is 5.80. The van der Waals surface area contributed by atoms with Gasteiger partial charge >= 0.3 is 0 Å². The minimum atomic E-state index is -2.57. The first-order valence-corrected chi connectivity index (χ1v) is 12.1. The first-order chi connectivity index (χ1) is 16.6. The number of amides is 3. The van der Waals surface area contributed by atoms with E-state index in [1.54, 1.807) is 0 Å². The predicted octanol–water partition coefficient (Wildman–Crippen LogP) is 2.19. The first kappa shape index (κ1) is 25.2. The van der Waals surface area contributed by atoms with Crippen molar-refractivity contribution in [3.05, 3.63) is 35.6 Å². The number of benzene rings is 1. The van der Waals surface area contributed by atoms with E-state index in [0.717, 1.165) is 31.9 Å². The Kier molecular flexibility index (Phi) is 7.19. The standard InChI is InChI=1S/C25H30F3N3O4/c1-25(28,16-5-3-6-17(27)11-16)24(35)31-13-15-4-2-7-18(15)21(31)23(34)30-19(20(32)12-26)10-14-8-9-29-22(14)33/h3,5-6,11,14-15,18-19,21H,2,4,7-10,12-13H2,1H3,(H,29,33)(H,30,34)/t14-,15-,18-,19-,21+,25-/m1/s1. The largest absolute Gasteiger partial charge is 0.356 e. The van der Waals surface area contributed by atoms with E-state index in [-0.39, 0.29) is 36.3 Å². The highest BCUT2D eigenvalue weighted by molar-refractivity contribution is 5.96. The molecule has 0 aromatic heterocycles. The van der Waals surface area contributed by atoms with Gasteiger partial charge in [-0.2, -0.15) is 0 Å². The molecule has 35 heavy (non-hydrogen) atoms. The molecule has 6 atom stereocenters. The maximum Gasteiger partial charge on any atom is 0.265 e. The molecular formula is C25H30F3N3O4. The lowest BCUT2D eigenvalue weighted by Crippen LogP contribution is -2.55. The van der Waals surface area contributed by atoms with Gasteiger partial charge < -0.3 is 15.5 Å². The summed E-state index contributed by atoms with van der Waals surface area (Å²) in [5.41, 5.74) is -2.73. The molecule has 0 spiro atoms. The fraction of sp³-hybridized carbons (Fsp3) is 0.600. The zero-order valence-corrected chi connectivity index (χ0v) is 19.6. The predicted molar refractivity (Wildman–Crippen MR) is 120 cm³/mol. The summed E-state index contributed by atoms with van der Waals surface area (Å²) in [5.74, 6) is -4.17. The topological polar surface area (TPSA) is 95.6 Å². The number of hydrogen-bond donors (Lipinski definition) is 2. The molecule has 0 unspecified atom stereocenters. The quantitative estimate of drug-likeness (QED) is 0.581. The normalized spacial score (nSPS) is 28.2. The molecule has 3 amide bonds. The van der Waals surface area contributed by atoms with E-state index in [0.29, 0.717) is 19.4 Å². The molecule has 0 radical (unpaired) electrons. The van der Waals surface area contributed by atoms with Crippen LogP contribution in [0.3, 0.4) is 0 Å². The van der Waals surface area contributed by atoms with Crippen molar-refractivity contribution in [3.63, 3.8) is 0 Å². The Hall–Kier alpha value is -2.91. The maximum atomic E-state index is 15.8. The van der Waals surface area contributed by atoms with Crippen LogP contribution in [0.5, 0.6) is 0 Å². The Balaban J connectivity index is 1.57. The van der Waals surface area contributed by atoms with Gasteiger partial charge in [-0.25, -0.2) is 13.2 Å². The van der Waals surface area contributed by atoms with Crippen LogP contribution in [0.2, 0.25) is 0 Å². The average Bonchev–Trinajstić information content (AvgIpc) is 3.53. The number of Topliss-reactive ketones (excluding diaryl/α,β-unsaturated/α-hetero) is 1. The summed E-state index contributed by atoms with van der Waals surface area (Å²) in [7, 11) is 0. The Morgan fingerprint density at radius 2 is 2.03 bits per heavy atom. The summed E-state index contributed by atoms with van der Waals surface area (Å²) in [5, 5.41) is 5.22. The number of hydrogen-bond acceptors (Lipinski definition) is 4. The monoisotopic (exact) mass is 493 g/mol. The van der Waals surface area contributed by atoms with E-state index >= 15 is 4.39 Å². The molecular weight excluding hydrogens is 463 g/mol. The van der Waals surface area contributed by atoms with Crippen LogP contribution < -0.4 is 10.6 Å². The van der Waals surface area contributed by atoms with Gasteiger partial charge in [-0.05, 0) is 56.6 Å². The Labute approximate surface area is 201 Å². The lowest BCUT2D eigenvalue weighted by atomic mass is 9.91. The summed E-state index contributed by atoms with van der Waals surface area (Å²) in [6.45, 7) is 0.350. The fourth-order valence-corrected chi connectivity index (χ4v) is 5.80. The molecule has 0 bridgehead atoms. The zero-order chi connectivity index (χ0) is 25.3. The van der Waals surface area contributed by atoms with Crippen LogP contribution in [0.25, 0.3) is 0 Å². The highest BCUT2D eigenvalue weighted by atomic mass is 19.1. The number of carbonyl (C=O) groups excluding carboxylic acids is 4. The average molecular weight is 494 g/mol. The lowest BCUT2D eigenvalue weighted by Gasteiger charge is -2.33. The van der Waals surface area contributed by atoms with E-state index < -0.39 is 53.8 Å². The molecule has 10 heteroatoms. The first-order valence-electron chi connectivity index (χ1n) is 12.1. The third kappa shape index (κ3) is 4.92. The Morgan fingerprint density at radius 3 is 2.69 bits per heavy atom. The number of halogens is 3. The second-order valence-corrected chi connectivity index (χ2v) is 9.94. The van der Waals surface area contributed by atoms with Gasteiger partial charge in [-0.1, -0.05) is 18.6 Å². The van der Waals surface area contributed by atoms with Gasteiger partial charge in [0.15, 0.2) is 5.78 Å². The van der Waals surface area contributed by atoms with Crippen molar-refractivity contribution in [3.8, 4) is 0 Å². The van der Waals surface area contributed by atoms with Crippen molar-refractivity contribution < 1.29 is 32.3 Å². The number of ketones is 1. The van der Waals surface area contributed by atoms with Crippen molar-refractivity contribution in [2.24, 2.45) is 17.8 Å². The maximum absolute atomic E-state index is 15.8. The van der Waals surface area contributed by atoms with Crippen LogP contribution in [-0.2, 0) is 24.8 Å². The van der Waals surface area contributed by atoms with Gasteiger partial charge in [0.2, 0.25) is 17.5 Å². The number of alkyl halides is 2. The summed E-state index contributed by atoms with van der Waals surface area (Å²) in [6, 6.07) is 2.46. The van der Waals surface area contributed by atoms with E-state index in [2.05, 4.69) is 10.6 Å². The van der Waals surface area contributed by atoms with Crippen LogP contribution in [0.1, 0.15) is 44.6 Å². The van der Waals surface area contributed by atoms with Gasteiger partial charge in [-0.15, -0.1) is 0 Å². The second-order valence-electron chi connectivity index (χ2n) is 9.94. The lowest BCUT2D eigenvalue weighted by molar-refractivity contribution is -0.149. The van der Waals surface area contributed by atoms with Crippen molar-refractivity contribution in [1.29, 1.82) is 0 Å². The molecule has 1 aromatic carbocycles. The van der Waals surface area contributed by atoms with E-state index in [4.69, 9.17) is 0 Å². The third-order valence-corrected chi connectivity index (χ3v) is 7.71. The van der Waals surface area contributed by atoms with Gasteiger partial charge in [0.25, 0.3) is 5.91 Å². The summed E-state index contributed by atoms with van der Waals surface area (Å²) in [6.07, 6.45) is 2.71. The van der Waals surface area contributed by atoms with Crippen molar-refractivity contribution in [2.45, 2.75) is 56.8 Å². The molecule has 190 valence electrons. The van der Waals surface area contributed by atoms with E-state index in [9.17, 15) is 28.0 Å². The van der Waals surface area contributed by atoms with Gasteiger partial charge in [-0.3, -0.25) is 19.2 Å². The Morgan fingerprint density at radius 1 is 1.26 bits per heavy atom. The molecule has 4 rings (SSSR count). The number of carbonyl (C=O) groups is 4. The highest BCUT2D eigenvalue weighted by Crippen LogP contribution is 2.44. The van der Waals surface area contributed by atoms with Gasteiger partial charge in [0.1, 0.15) is 18.5 Å². The van der Waals surface area contributed by atoms with Crippen molar-refractivity contribution >= 4 is 23.5 Å². The molecule has 2 heterocycles. The highest BCUT2D eigenvalue weighted by Gasteiger charge is 2.53. The molecule has 2 saturated heterocycles. The van der Waals surface area contributed by atoms with Crippen LogP contribution in [0.15, 0.2) is 24.3 Å². The molecule has 3 fully saturated rings. The summed E-state index contributed by atoms with van der Waals surface area (Å²) in [4.78, 5) is 52.3. The number of likely N-dealkylation sites (tertiary alicyclic amines) is 1. The van der Waals surface area contributed by atoms with Crippen LogP contribution >= 0.6 is 0 Å². The smallest absolute Gasteiger partial charge is 0.265 e. The number of nitrogens with one attached hydrogen (secondary N) is 2. The van der Waals surface area contributed by atoms with Crippen LogP contribution in [-0.4, -0.2) is 60.3 Å². The summed E-state index contributed by atoms with van der Waals surface area (Å²) < 4.78 is 42.8. The SMILES string of the molecule is C[C@](F)(C(=O)N1C[C@H]2CCC[C@H]2[C@H]1C(=O)N[C@H](C[C@H]1CCNC1=O)C(=O)CF)c1cccc(F)c1. The molecule has 2 N–H and O–H groups in total. The van der Waals surface area contributed by atoms with E-state index in [1.165, 1.54) is 17.0 Å². The van der Waals surface area contributed by atoms with Crippen LogP contribution in [0, 0.1) is 23.6 Å². The third-order valence-electron chi connectivity index (χ3n) is 7.71. The molecule has 3 aliphatic rings. The zero-order valence-electron chi connectivity index (χ0n) is 19.6. The molecule has 1 aromatic rings. The summed E-state index contributed by atoms with van der Waals surface area (Å²) >= 11 is 0. The molecule has 1 saturated carbocycles. The van der Waals surface area contributed by atoms with Crippen molar-refractivity contribution in [1.82, 2.24) is 15.5 Å². The van der Waals surface area contributed by atoms with Gasteiger partial charge in [0, 0.05) is 24.6 Å². The number of nitrogens with zero attached hydrogens (tertiary/aromatic N) is 1. The molecule has 2 aliphatic heterocycles. The van der Waals surface area contributed by atoms with Crippen LogP contribution in [0.4, 0.5) is 13.2 Å². The number of rotatable bonds is 8. The van der Waals surface area contributed by atoms with Crippen molar-refractivity contribution in [2.75, 3.05) is 19.8 Å². The van der Waals surface area contributed by atoms with E-state index in [1.807, 2.05) is 0 Å². The molecule has 1 aliphatic carbocycles.